The fraction of sp³-hybridized carbons (Fsp3) is 0.148. The summed E-state index contributed by atoms with van der Waals surface area (Å²) < 4.78 is 7.31. The molecule has 5 aromatic rings. The van der Waals surface area contributed by atoms with Crippen LogP contribution in [0.4, 0.5) is 5.69 Å². The predicted octanol–water partition coefficient (Wildman–Crippen LogP) is 4.04. The van der Waals surface area contributed by atoms with E-state index in [-0.39, 0.29) is 5.69 Å². The highest BCUT2D eigenvalue weighted by molar-refractivity contribution is 5.87. The Hall–Kier alpha value is -4.63. The maximum Gasteiger partial charge on any atom is 0.354 e. The zero-order chi connectivity index (χ0) is 24.5. The van der Waals surface area contributed by atoms with Gasteiger partial charge in [-0.15, -0.1) is 0 Å². The number of carboxylic acids is 1. The quantitative estimate of drug-likeness (QED) is 0.403. The van der Waals surface area contributed by atoms with Crippen molar-refractivity contribution in [2.24, 2.45) is 0 Å². The van der Waals surface area contributed by atoms with Crippen molar-refractivity contribution in [3.63, 3.8) is 0 Å². The van der Waals surface area contributed by atoms with E-state index in [0.29, 0.717) is 30.1 Å². The minimum Gasteiger partial charge on any atom is -0.477 e. The maximum absolute atomic E-state index is 11.3. The first-order chi connectivity index (χ1) is 17.7. The molecule has 1 fully saturated rings. The number of ether oxygens (including phenoxy) is 1. The average Bonchev–Trinajstić information content (AvgIpc) is 3.31. The van der Waals surface area contributed by atoms with Gasteiger partial charge in [-0.1, -0.05) is 24.3 Å². The first-order valence-electron chi connectivity index (χ1n) is 11.6. The maximum atomic E-state index is 11.3. The van der Waals surface area contributed by atoms with E-state index < -0.39 is 5.97 Å². The fourth-order valence-electron chi connectivity index (χ4n) is 4.39. The second-order valence-corrected chi connectivity index (χ2v) is 8.40. The lowest BCUT2D eigenvalue weighted by atomic mass is 10.1. The summed E-state index contributed by atoms with van der Waals surface area (Å²) in [5, 5.41) is 14.9. The molecule has 178 valence electrons. The molecule has 9 heteroatoms. The molecule has 0 bridgehead atoms. The standard InChI is InChI=1S/C27H22N6O3/c34-27(35)23-9-6-19(17-28-23)25-22(10-8-20-7-5-18-3-1-2-4-21(18)30-20)31-26-24(11-12-29-33(25)26)32-13-15-36-16-14-32/h1-12,17H,13-16H2,(H,34,35)/b10-8+. The van der Waals surface area contributed by atoms with Gasteiger partial charge in [-0.2, -0.15) is 5.10 Å². The fourth-order valence-corrected chi connectivity index (χ4v) is 4.39. The summed E-state index contributed by atoms with van der Waals surface area (Å²) in [6, 6.07) is 17.2. The lowest BCUT2D eigenvalue weighted by Gasteiger charge is -2.28. The van der Waals surface area contributed by atoms with Crippen molar-refractivity contribution < 1.29 is 14.6 Å². The number of carbonyl (C=O) groups is 1. The molecule has 1 aliphatic heterocycles. The van der Waals surface area contributed by atoms with Crippen LogP contribution in [0.25, 0.3) is 40.0 Å². The molecule has 0 spiro atoms. The van der Waals surface area contributed by atoms with Gasteiger partial charge in [0.25, 0.3) is 0 Å². The van der Waals surface area contributed by atoms with E-state index in [9.17, 15) is 9.90 Å². The molecule has 0 unspecified atom stereocenters. The summed E-state index contributed by atoms with van der Waals surface area (Å²) >= 11 is 0. The van der Waals surface area contributed by atoms with E-state index in [1.807, 2.05) is 54.6 Å². The van der Waals surface area contributed by atoms with Crippen LogP contribution >= 0.6 is 0 Å². The molecule has 36 heavy (non-hydrogen) atoms. The Balaban J connectivity index is 1.48. The first kappa shape index (κ1) is 21.9. The van der Waals surface area contributed by atoms with Crippen LogP contribution in [-0.4, -0.2) is 61.9 Å². The van der Waals surface area contributed by atoms with Gasteiger partial charge in [-0.25, -0.2) is 24.3 Å². The molecule has 0 amide bonds. The highest BCUT2D eigenvalue weighted by Crippen LogP contribution is 2.30. The number of aromatic nitrogens is 5. The van der Waals surface area contributed by atoms with Crippen molar-refractivity contribution in [2.45, 2.75) is 0 Å². The third-order valence-electron chi connectivity index (χ3n) is 6.16. The Kier molecular flexibility index (Phi) is 5.59. The summed E-state index contributed by atoms with van der Waals surface area (Å²) in [6.07, 6.45) is 7.13. The first-order valence-corrected chi connectivity index (χ1v) is 11.6. The number of hydrogen-bond acceptors (Lipinski definition) is 7. The number of morpholine rings is 1. The van der Waals surface area contributed by atoms with Crippen LogP contribution in [0.15, 0.2) is 67.0 Å². The van der Waals surface area contributed by atoms with Gasteiger partial charge in [-0.05, 0) is 42.5 Å². The predicted molar refractivity (Wildman–Crippen MR) is 137 cm³/mol. The van der Waals surface area contributed by atoms with Crippen LogP contribution in [0.1, 0.15) is 21.9 Å². The monoisotopic (exact) mass is 478 g/mol. The van der Waals surface area contributed by atoms with Crippen molar-refractivity contribution in [3.8, 4) is 11.3 Å². The van der Waals surface area contributed by atoms with E-state index in [2.05, 4.69) is 15.0 Å². The molecule has 1 N–H and O–H groups in total. The lowest BCUT2D eigenvalue weighted by Crippen LogP contribution is -2.36. The SMILES string of the molecule is O=C(O)c1ccc(-c2c(/C=C/c3ccc4ccccc4n3)nc3c(N4CCOCC4)ccnn23)cn1. The Morgan fingerprint density at radius 3 is 2.64 bits per heavy atom. The van der Waals surface area contributed by atoms with Crippen molar-refractivity contribution in [1.82, 2.24) is 24.6 Å². The Labute approximate surface area is 206 Å². The number of pyridine rings is 2. The Bertz CT molecular complexity index is 1600. The van der Waals surface area contributed by atoms with E-state index in [4.69, 9.17) is 14.7 Å². The van der Waals surface area contributed by atoms with E-state index >= 15 is 0 Å². The van der Waals surface area contributed by atoms with Gasteiger partial charge in [-0.3, -0.25) is 0 Å². The van der Waals surface area contributed by atoms with Gasteiger partial charge in [0.2, 0.25) is 0 Å². The van der Waals surface area contributed by atoms with Crippen LogP contribution in [0.5, 0.6) is 0 Å². The van der Waals surface area contributed by atoms with Crippen LogP contribution in [0.2, 0.25) is 0 Å². The van der Waals surface area contributed by atoms with Gasteiger partial charge in [0.05, 0.1) is 42.0 Å². The molecule has 0 atom stereocenters. The average molecular weight is 479 g/mol. The number of nitrogens with zero attached hydrogens (tertiary/aromatic N) is 6. The van der Waals surface area contributed by atoms with Crippen molar-refractivity contribution in [1.29, 1.82) is 0 Å². The third kappa shape index (κ3) is 4.05. The smallest absolute Gasteiger partial charge is 0.354 e. The van der Waals surface area contributed by atoms with Crippen molar-refractivity contribution in [3.05, 3.63) is 84.1 Å². The summed E-state index contributed by atoms with van der Waals surface area (Å²) in [5.74, 6) is -1.07. The summed E-state index contributed by atoms with van der Waals surface area (Å²) in [7, 11) is 0. The summed E-state index contributed by atoms with van der Waals surface area (Å²) in [5.41, 5.74) is 5.50. The molecule has 1 saturated heterocycles. The van der Waals surface area contributed by atoms with Gasteiger partial charge in [0.1, 0.15) is 11.4 Å². The molecule has 6 rings (SSSR count). The molecule has 0 saturated carbocycles. The molecule has 1 aliphatic rings. The number of anilines is 1. The topological polar surface area (TPSA) is 106 Å². The van der Waals surface area contributed by atoms with Gasteiger partial charge in [0, 0.05) is 30.2 Å². The van der Waals surface area contributed by atoms with Gasteiger partial charge in [0.15, 0.2) is 5.65 Å². The van der Waals surface area contributed by atoms with E-state index in [1.54, 1.807) is 23.0 Å². The molecule has 9 nitrogen and oxygen atoms in total. The largest absolute Gasteiger partial charge is 0.477 e. The second-order valence-electron chi connectivity index (χ2n) is 8.40. The van der Waals surface area contributed by atoms with Crippen LogP contribution < -0.4 is 4.90 Å². The number of benzene rings is 1. The number of carboxylic acid groups (broad SMARTS) is 1. The molecular weight excluding hydrogens is 456 g/mol. The Morgan fingerprint density at radius 2 is 1.83 bits per heavy atom. The van der Waals surface area contributed by atoms with Crippen molar-refractivity contribution in [2.75, 3.05) is 31.2 Å². The summed E-state index contributed by atoms with van der Waals surface area (Å²) in [6.45, 7) is 2.85. The normalized spacial score (nSPS) is 14.2. The van der Waals surface area contributed by atoms with E-state index in [0.717, 1.165) is 41.1 Å². The number of para-hydroxylation sites is 1. The number of imidazole rings is 1. The molecule has 5 heterocycles. The van der Waals surface area contributed by atoms with Crippen LogP contribution in [-0.2, 0) is 4.74 Å². The minimum atomic E-state index is -1.07. The highest BCUT2D eigenvalue weighted by atomic mass is 16.5. The number of fused-ring (bicyclic) bond motifs is 2. The molecule has 0 aliphatic carbocycles. The lowest BCUT2D eigenvalue weighted by molar-refractivity contribution is 0.0690. The molecule has 1 aromatic carbocycles. The minimum absolute atomic E-state index is 0.0213. The molecule has 4 aromatic heterocycles. The Morgan fingerprint density at radius 1 is 0.972 bits per heavy atom. The summed E-state index contributed by atoms with van der Waals surface area (Å²) in [4.78, 5) is 27.4. The number of rotatable bonds is 5. The van der Waals surface area contributed by atoms with E-state index in [1.165, 1.54) is 6.07 Å². The molecule has 0 radical (unpaired) electrons. The van der Waals surface area contributed by atoms with Gasteiger partial charge < -0.3 is 14.7 Å². The van der Waals surface area contributed by atoms with Gasteiger partial charge >= 0.3 is 5.97 Å². The number of aromatic carboxylic acids is 1. The highest BCUT2D eigenvalue weighted by Gasteiger charge is 2.21. The second kappa shape index (κ2) is 9.20. The molecular formula is C27H22N6O3. The third-order valence-corrected chi connectivity index (χ3v) is 6.16. The number of hydrogen-bond donors (Lipinski definition) is 1. The zero-order valence-electron chi connectivity index (χ0n) is 19.3. The zero-order valence-corrected chi connectivity index (χ0v) is 19.3. The van der Waals surface area contributed by atoms with Crippen LogP contribution in [0, 0.1) is 0 Å². The van der Waals surface area contributed by atoms with Crippen LogP contribution in [0.3, 0.4) is 0 Å². The van der Waals surface area contributed by atoms with Crippen molar-refractivity contribution >= 4 is 40.4 Å².